The molecular formula is C15H13Cl2N3O3. The molecular weight excluding hydrogens is 341 g/mol. The first-order chi connectivity index (χ1) is 11.0. The highest BCUT2D eigenvalue weighted by molar-refractivity contribution is 6.36. The van der Waals surface area contributed by atoms with Gasteiger partial charge >= 0.3 is 0 Å². The summed E-state index contributed by atoms with van der Waals surface area (Å²) < 4.78 is 5.13. The molecule has 0 bridgehead atoms. The molecule has 1 heterocycles. The number of halogens is 2. The van der Waals surface area contributed by atoms with Crippen molar-refractivity contribution in [2.45, 2.75) is 6.92 Å². The average molecular weight is 354 g/mol. The zero-order valence-corrected chi connectivity index (χ0v) is 13.6. The Morgan fingerprint density at radius 1 is 1.26 bits per heavy atom. The third-order valence-corrected chi connectivity index (χ3v) is 3.36. The molecule has 0 aliphatic heterocycles. The quantitative estimate of drug-likeness (QED) is 0.640. The maximum atomic E-state index is 11.9. The number of hydrogen-bond donors (Lipinski definition) is 2. The van der Waals surface area contributed by atoms with Gasteiger partial charge in [-0.1, -0.05) is 23.2 Å². The molecule has 120 valence electrons. The van der Waals surface area contributed by atoms with Crippen LogP contribution in [0.3, 0.4) is 0 Å². The summed E-state index contributed by atoms with van der Waals surface area (Å²) in [5.41, 5.74) is 3.07. The molecule has 0 aliphatic carbocycles. The highest BCUT2D eigenvalue weighted by atomic mass is 35.5. The number of nitrogens with zero attached hydrogens (tertiary/aromatic N) is 1. The lowest BCUT2D eigenvalue weighted by atomic mass is 10.2. The second-order valence-corrected chi connectivity index (χ2v) is 5.36. The zero-order valence-electron chi connectivity index (χ0n) is 12.1. The van der Waals surface area contributed by atoms with Crippen LogP contribution in [0.25, 0.3) is 0 Å². The van der Waals surface area contributed by atoms with Gasteiger partial charge in [0.1, 0.15) is 11.5 Å². The Hall–Kier alpha value is -2.31. The molecule has 0 fully saturated rings. The van der Waals surface area contributed by atoms with E-state index in [1.54, 1.807) is 25.1 Å². The number of hydrazone groups is 1. The first kappa shape index (κ1) is 17.1. The molecule has 6 nitrogen and oxygen atoms in total. The number of furan rings is 1. The van der Waals surface area contributed by atoms with E-state index in [4.69, 9.17) is 27.6 Å². The Morgan fingerprint density at radius 2 is 2.04 bits per heavy atom. The molecule has 2 N–H and O–H groups in total. The minimum atomic E-state index is -0.478. The lowest BCUT2D eigenvalue weighted by molar-refractivity contribution is -0.120. The molecule has 0 spiro atoms. The first-order valence-electron chi connectivity index (χ1n) is 6.57. The summed E-state index contributed by atoms with van der Waals surface area (Å²) in [7, 11) is 0. The maximum Gasteiger partial charge on any atom is 0.259 e. The van der Waals surface area contributed by atoms with Crippen LogP contribution in [-0.2, 0) is 4.79 Å². The molecule has 1 aromatic carbocycles. The Kier molecular flexibility index (Phi) is 5.78. The third kappa shape index (κ3) is 4.84. The van der Waals surface area contributed by atoms with Crippen LogP contribution >= 0.6 is 23.2 Å². The van der Waals surface area contributed by atoms with Crippen LogP contribution in [0, 0.1) is 0 Å². The van der Waals surface area contributed by atoms with Crippen molar-refractivity contribution in [3.05, 3.63) is 58.0 Å². The Balaban J connectivity index is 1.86. The largest absolute Gasteiger partial charge is 0.463 e. The summed E-state index contributed by atoms with van der Waals surface area (Å²) >= 11 is 11.7. The molecule has 23 heavy (non-hydrogen) atoms. The van der Waals surface area contributed by atoms with Crippen LogP contribution in [0.4, 0.5) is 0 Å². The minimum absolute atomic E-state index is 0.210. The molecule has 0 unspecified atom stereocenters. The van der Waals surface area contributed by atoms with E-state index in [9.17, 15) is 9.59 Å². The van der Waals surface area contributed by atoms with Crippen LogP contribution in [0.15, 0.2) is 46.1 Å². The number of benzene rings is 1. The van der Waals surface area contributed by atoms with Gasteiger partial charge in [0.05, 0.1) is 23.4 Å². The van der Waals surface area contributed by atoms with E-state index < -0.39 is 11.8 Å². The topological polar surface area (TPSA) is 83.7 Å². The standard InChI is InChI=1S/C15H13Cl2N3O3/c1-9(13-3-2-6-23-13)19-20-14(21)8-18-15(22)11-5-4-10(16)7-12(11)17/h2-7H,8H2,1H3,(H,18,22)(H,20,21). The minimum Gasteiger partial charge on any atom is -0.463 e. The highest BCUT2D eigenvalue weighted by Crippen LogP contribution is 2.20. The van der Waals surface area contributed by atoms with Gasteiger partial charge < -0.3 is 9.73 Å². The van der Waals surface area contributed by atoms with E-state index in [0.29, 0.717) is 16.5 Å². The highest BCUT2D eigenvalue weighted by Gasteiger charge is 2.12. The Bertz CT molecular complexity index is 742. The van der Waals surface area contributed by atoms with Crippen molar-refractivity contribution in [3.63, 3.8) is 0 Å². The zero-order chi connectivity index (χ0) is 16.8. The summed E-state index contributed by atoms with van der Waals surface area (Å²) in [6.45, 7) is 1.44. The van der Waals surface area contributed by atoms with E-state index in [0.717, 1.165) is 0 Å². The second-order valence-electron chi connectivity index (χ2n) is 4.52. The van der Waals surface area contributed by atoms with Crippen LogP contribution in [-0.4, -0.2) is 24.1 Å². The smallest absolute Gasteiger partial charge is 0.259 e. The number of hydrogen-bond acceptors (Lipinski definition) is 4. The summed E-state index contributed by atoms with van der Waals surface area (Å²) in [6.07, 6.45) is 1.51. The van der Waals surface area contributed by atoms with Crippen molar-refractivity contribution < 1.29 is 14.0 Å². The van der Waals surface area contributed by atoms with Gasteiger partial charge in [0, 0.05) is 5.02 Å². The lowest BCUT2D eigenvalue weighted by Crippen LogP contribution is -2.35. The van der Waals surface area contributed by atoms with Gasteiger partial charge in [-0.15, -0.1) is 0 Å². The monoisotopic (exact) mass is 353 g/mol. The van der Waals surface area contributed by atoms with Crippen molar-refractivity contribution >= 4 is 40.7 Å². The van der Waals surface area contributed by atoms with E-state index in [-0.39, 0.29) is 17.1 Å². The fourth-order valence-electron chi connectivity index (χ4n) is 1.65. The van der Waals surface area contributed by atoms with Crippen LogP contribution in [0.1, 0.15) is 23.0 Å². The summed E-state index contributed by atoms with van der Waals surface area (Å²) in [4.78, 5) is 23.6. The number of carbonyl (C=O) groups is 2. The van der Waals surface area contributed by atoms with Gasteiger partial charge in [-0.2, -0.15) is 5.10 Å². The predicted octanol–water partition coefficient (Wildman–Crippen LogP) is 2.86. The Morgan fingerprint density at radius 3 is 2.70 bits per heavy atom. The van der Waals surface area contributed by atoms with Crippen molar-refractivity contribution in [1.29, 1.82) is 0 Å². The second kappa shape index (κ2) is 7.80. The molecule has 0 aliphatic rings. The maximum absolute atomic E-state index is 11.9. The molecule has 0 atom stereocenters. The van der Waals surface area contributed by atoms with Gasteiger partial charge in [0.25, 0.3) is 11.8 Å². The third-order valence-electron chi connectivity index (χ3n) is 2.81. The molecule has 2 amide bonds. The Labute approximate surface area is 142 Å². The number of nitrogens with one attached hydrogen (secondary N) is 2. The average Bonchev–Trinajstić information content (AvgIpc) is 3.04. The van der Waals surface area contributed by atoms with Crippen molar-refractivity contribution in [3.8, 4) is 0 Å². The number of amides is 2. The number of rotatable bonds is 5. The van der Waals surface area contributed by atoms with Gasteiger partial charge in [0.2, 0.25) is 0 Å². The summed E-state index contributed by atoms with van der Waals surface area (Å²) in [5, 5.41) is 6.95. The van der Waals surface area contributed by atoms with Crippen LogP contribution in [0.2, 0.25) is 10.0 Å². The fourth-order valence-corrected chi connectivity index (χ4v) is 2.15. The van der Waals surface area contributed by atoms with E-state index >= 15 is 0 Å². The van der Waals surface area contributed by atoms with Crippen LogP contribution in [0.5, 0.6) is 0 Å². The SMILES string of the molecule is CC(=NNC(=O)CNC(=O)c1ccc(Cl)cc1Cl)c1ccco1. The summed E-state index contributed by atoms with van der Waals surface area (Å²) in [5.74, 6) is -0.412. The molecule has 0 radical (unpaired) electrons. The van der Waals surface area contributed by atoms with Crippen molar-refractivity contribution in [1.82, 2.24) is 10.7 Å². The number of carbonyl (C=O) groups excluding carboxylic acids is 2. The molecule has 0 saturated heterocycles. The first-order valence-corrected chi connectivity index (χ1v) is 7.33. The van der Waals surface area contributed by atoms with E-state index in [1.165, 1.54) is 18.4 Å². The van der Waals surface area contributed by atoms with E-state index in [2.05, 4.69) is 15.8 Å². The molecule has 2 aromatic rings. The molecule has 8 heteroatoms. The predicted molar refractivity (Wildman–Crippen MR) is 87.9 cm³/mol. The van der Waals surface area contributed by atoms with Gasteiger partial charge in [-0.3, -0.25) is 9.59 Å². The molecule has 0 saturated carbocycles. The van der Waals surface area contributed by atoms with Gasteiger partial charge in [-0.05, 0) is 37.3 Å². The van der Waals surface area contributed by atoms with E-state index in [1.807, 2.05) is 0 Å². The van der Waals surface area contributed by atoms with Gasteiger partial charge in [-0.25, -0.2) is 5.43 Å². The van der Waals surface area contributed by atoms with Gasteiger partial charge in [0.15, 0.2) is 0 Å². The fraction of sp³-hybridized carbons (Fsp3) is 0.133. The lowest BCUT2D eigenvalue weighted by Gasteiger charge is -2.06. The molecule has 2 rings (SSSR count). The molecule has 1 aromatic heterocycles. The summed E-state index contributed by atoms with van der Waals surface area (Å²) in [6, 6.07) is 7.91. The van der Waals surface area contributed by atoms with Crippen molar-refractivity contribution in [2.24, 2.45) is 5.10 Å². The van der Waals surface area contributed by atoms with Crippen molar-refractivity contribution in [2.75, 3.05) is 6.54 Å². The normalized spacial score (nSPS) is 11.2. The van der Waals surface area contributed by atoms with Crippen LogP contribution < -0.4 is 10.7 Å².